The first kappa shape index (κ1) is 16.8. The van der Waals surface area contributed by atoms with Gasteiger partial charge in [-0.2, -0.15) is 0 Å². The number of carbonyl (C=O) groups is 1. The van der Waals surface area contributed by atoms with E-state index in [1.165, 1.54) is 24.5 Å². The third-order valence-corrected chi connectivity index (χ3v) is 4.76. The molecule has 24 heavy (non-hydrogen) atoms. The van der Waals surface area contributed by atoms with Crippen LogP contribution in [-0.2, 0) is 0 Å². The third-order valence-electron chi connectivity index (χ3n) is 4.44. The fourth-order valence-corrected chi connectivity index (χ4v) is 3.46. The predicted molar refractivity (Wildman–Crippen MR) is 95.4 cm³/mol. The van der Waals surface area contributed by atoms with Gasteiger partial charge in [0, 0.05) is 6.54 Å². The van der Waals surface area contributed by atoms with E-state index in [1.54, 1.807) is 12.1 Å². The van der Waals surface area contributed by atoms with Gasteiger partial charge in [0.1, 0.15) is 5.75 Å². The first-order valence-electron chi connectivity index (χ1n) is 8.21. The summed E-state index contributed by atoms with van der Waals surface area (Å²) >= 11 is 6.05. The van der Waals surface area contributed by atoms with Gasteiger partial charge in [-0.05, 0) is 43.6 Å². The lowest BCUT2D eigenvalue weighted by Gasteiger charge is -2.28. The van der Waals surface area contributed by atoms with Gasteiger partial charge in [-0.15, -0.1) is 0 Å². The summed E-state index contributed by atoms with van der Waals surface area (Å²) in [5.41, 5.74) is 1.32. The second-order valence-electron chi connectivity index (χ2n) is 6.01. The number of amides is 1. The Morgan fingerprint density at radius 3 is 2.50 bits per heavy atom. The standard InChI is InChI=1S/C19H21ClN2O2/c20-15-9-6-10-17(23)18(15)19(24)21-13-16(22-11-4-5-12-22)14-7-2-1-3-8-14/h1-3,6-10,16,23H,4-5,11-13H2,(H,21,24). The van der Waals surface area contributed by atoms with E-state index >= 15 is 0 Å². The van der Waals surface area contributed by atoms with Crippen LogP contribution in [-0.4, -0.2) is 35.5 Å². The van der Waals surface area contributed by atoms with Crippen LogP contribution in [0.5, 0.6) is 5.75 Å². The summed E-state index contributed by atoms with van der Waals surface area (Å²) in [6, 6.07) is 15.0. The van der Waals surface area contributed by atoms with Gasteiger partial charge in [0.25, 0.3) is 5.91 Å². The zero-order chi connectivity index (χ0) is 16.9. The molecule has 1 unspecified atom stereocenters. The monoisotopic (exact) mass is 344 g/mol. The number of halogens is 1. The second-order valence-corrected chi connectivity index (χ2v) is 6.42. The van der Waals surface area contributed by atoms with Gasteiger partial charge in [0.15, 0.2) is 0 Å². The molecule has 0 radical (unpaired) electrons. The van der Waals surface area contributed by atoms with Crippen molar-refractivity contribution in [1.82, 2.24) is 10.2 Å². The van der Waals surface area contributed by atoms with Crippen molar-refractivity contribution in [2.75, 3.05) is 19.6 Å². The first-order chi connectivity index (χ1) is 11.7. The molecule has 1 saturated heterocycles. The van der Waals surface area contributed by atoms with Crippen LogP contribution in [0.4, 0.5) is 0 Å². The molecule has 1 atom stereocenters. The average Bonchev–Trinajstić information content (AvgIpc) is 3.10. The molecule has 1 aliphatic rings. The van der Waals surface area contributed by atoms with Crippen LogP contribution in [0.2, 0.25) is 5.02 Å². The SMILES string of the molecule is O=C(NCC(c1ccccc1)N1CCCC1)c1c(O)cccc1Cl. The Morgan fingerprint density at radius 2 is 1.83 bits per heavy atom. The van der Waals surface area contributed by atoms with Crippen molar-refractivity contribution in [2.45, 2.75) is 18.9 Å². The Balaban J connectivity index is 1.75. The number of phenolic OH excluding ortho intramolecular Hbond substituents is 1. The summed E-state index contributed by atoms with van der Waals surface area (Å²) in [4.78, 5) is 14.9. The minimum absolute atomic E-state index is 0.0996. The molecule has 1 amide bonds. The molecule has 1 aliphatic heterocycles. The summed E-state index contributed by atoms with van der Waals surface area (Å²) in [5.74, 6) is -0.448. The Morgan fingerprint density at radius 1 is 1.12 bits per heavy atom. The van der Waals surface area contributed by atoms with Crippen LogP contribution in [0.15, 0.2) is 48.5 Å². The molecule has 0 saturated carbocycles. The lowest BCUT2D eigenvalue weighted by Crippen LogP contribution is -2.36. The number of hydrogen-bond donors (Lipinski definition) is 2. The van der Waals surface area contributed by atoms with Gasteiger partial charge >= 0.3 is 0 Å². The van der Waals surface area contributed by atoms with Crippen molar-refractivity contribution >= 4 is 17.5 Å². The molecule has 0 aromatic heterocycles. The van der Waals surface area contributed by atoms with Crippen molar-refractivity contribution in [3.05, 3.63) is 64.7 Å². The van der Waals surface area contributed by atoms with E-state index in [0.29, 0.717) is 6.54 Å². The second kappa shape index (κ2) is 7.69. The average molecular weight is 345 g/mol. The van der Waals surface area contributed by atoms with Crippen molar-refractivity contribution in [1.29, 1.82) is 0 Å². The van der Waals surface area contributed by atoms with Gasteiger partial charge in [-0.1, -0.05) is 48.0 Å². The highest BCUT2D eigenvalue weighted by molar-refractivity contribution is 6.34. The summed E-state index contributed by atoms with van der Waals surface area (Å²) in [6.45, 7) is 2.55. The number of benzene rings is 2. The Labute approximate surface area is 147 Å². The van der Waals surface area contributed by atoms with Crippen molar-refractivity contribution < 1.29 is 9.90 Å². The maximum Gasteiger partial charge on any atom is 0.256 e. The van der Waals surface area contributed by atoms with E-state index < -0.39 is 0 Å². The molecule has 0 spiro atoms. The van der Waals surface area contributed by atoms with Gasteiger partial charge in [0.05, 0.1) is 16.6 Å². The first-order valence-corrected chi connectivity index (χ1v) is 8.59. The van der Waals surface area contributed by atoms with Crippen LogP contribution >= 0.6 is 11.6 Å². The summed E-state index contributed by atoms with van der Waals surface area (Å²) in [5, 5.41) is 13.1. The number of phenols is 1. The van der Waals surface area contributed by atoms with Crippen LogP contribution in [0.3, 0.4) is 0 Å². The van der Waals surface area contributed by atoms with Crippen LogP contribution in [0, 0.1) is 0 Å². The molecule has 1 heterocycles. The van der Waals surface area contributed by atoms with Crippen LogP contribution in [0.1, 0.15) is 34.8 Å². The normalized spacial score (nSPS) is 16.0. The summed E-state index contributed by atoms with van der Waals surface area (Å²) in [6.07, 6.45) is 2.37. The number of hydrogen-bond acceptors (Lipinski definition) is 3. The van der Waals surface area contributed by atoms with E-state index in [1.807, 2.05) is 18.2 Å². The summed E-state index contributed by atoms with van der Waals surface area (Å²) in [7, 11) is 0. The predicted octanol–water partition coefficient (Wildman–Crippen LogP) is 3.61. The van der Waals surface area contributed by atoms with Crippen LogP contribution < -0.4 is 5.32 Å². The van der Waals surface area contributed by atoms with Gasteiger partial charge in [-0.3, -0.25) is 9.69 Å². The molecule has 126 valence electrons. The summed E-state index contributed by atoms with van der Waals surface area (Å²) < 4.78 is 0. The van der Waals surface area contributed by atoms with Gasteiger partial charge in [-0.25, -0.2) is 0 Å². The Hall–Kier alpha value is -2.04. The third kappa shape index (κ3) is 3.71. The van der Waals surface area contributed by atoms with E-state index in [2.05, 4.69) is 22.3 Å². The van der Waals surface area contributed by atoms with Crippen molar-refractivity contribution in [3.8, 4) is 5.75 Å². The molecule has 4 nitrogen and oxygen atoms in total. The van der Waals surface area contributed by atoms with Crippen molar-refractivity contribution in [2.24, 2.45) is 0 Å². The zero-order valence-electron chi connectivity index (χ0n) is 13.4. The van der Waals surface area contributed by atoms with Gasteiger partial charge in [0.2, 0.25) is 0 Å². The minimum Gasteiger partial charge on any atom is -0.507 e. The lowest BCUT2D eigenvalue weighted by atomic mass is 10.1. The Bertz CT molecular complexity index is 680. The number of carbonyl (C=O) groups excluding carboxylic acids is 1. The maximum absolute atomic E-state index is 12.5. The lowest BCUT2D eigenvalue weighted by molar-refractivity contribution is 0.0935. The van der Waals surface area contributed by atoms with E-state index in [-0.39, 0.29) is 28.3 Å². The van der Waals surface area contributed by atoms with Crippen LogP contribution in [0.25, 0.3) is 0 Å². The number of aromatic hydroxyl groups is 1. The van der Waals surface area contributed by atoms with E-state index in [9.17, 15) is 9.90 Å². The number of nitrogens with one attached hydrogen (secondary N) is 1. The molecule has 5 heteroatoms. The molecular formula is C19H21ClN2O2. The largest absolute Gasteiger partial charge is 0.507 e. The molecule has 3 rings (SSSR count). The smallest absolute Gasteiger partial charge is 0.256 e. The molecule has 0 aliphatic carbocycles. The minimum atomic E-state index is -0.349. The zero-order valence-corrected chi connectivity index (χ0v) is 14.2. The molecular weight excluding hydrogens is 324 g/mol. The van der Waals surface area contributed by atoms with Crippen molar-refractivity contribution in [3.63, 3.8) is 0 Å². The number of likely N-dealkylation sites (tertiary alicyclic amines) is 1. The molecule has 2 aromatic carbocycles. The highest BCUT2D eigenvalue weighted by Crippen LogP contribution is 2.27. The topological polar surface area (TPSA) is 52.6 Å². The molecule has 0 bridgehead atoms. The molecule has 2 aromatic rings. The molecule has 1 fully saturated rings. The van der Waals surface area contributed by atoms with E-state index in [4.69, 9.17) is 11.6 Å². The fourth-order valence-electron chi connectivity index (χ4n) is 3.20. The van der Waals surface area contributed by atoms with Gasteiger partial charge < -0.3 is 10.4 Å². The number of rotatable bonds is 5. The molecule has 2 N–H and O–H groups in total. The number of nitrogens with zero attached hydrogens (tertiary/aromatic N) is 1. The quantitative estimate of drug-likeness (QED) is 0.871. The Kier molecular flexibility index (Phi) is 5.38. The highest BCUT2D eigenvalue weighted by atomic mass is 35.5. The highest BCUT2D eigenvalue weighted by Gasteiger charge is 2.24. The fraction of sp³-hybridized carbons (Fsp3) is 0.316. The van der Waals surface area contributed by atoms with E-state index in [0.717, 1.165) is 13.1 Å². The maximum atomic E-state index is 12.5.